The van der Waals surface area contributed by atoms with Gasteiger partial charge in [0.2, 0.25) is 5.91 Å². The second-order valence-electron chi connectivity index (χ2n) is 6.31. The van der Waals surface area contributed by atoms with Crippen molar-refractivity contribution in [3.05, 3.63) is 23.3 Å². The topological polar surface area (TPSA) is 76.1 Å². The van der Waals surface area contributed by atoms with Crippen LogP contribution in [0.1, 0.15) is 50.3 Å². The van der Waals surface area contributed by atoms with Crippen molar-refractivity contribution in [2.24, 2.45) is 5.92 Å². The molecule has 1 aliphatic heterocycles. The van der Waals surface area contributed by atoms with Crippen molar-refractivity contribution in [2.45, 2.75) is 45.6 Å². The maximum atomic E-state index is 12.9. The van der Waals surface area contributed by atoms with E-state index in [4.69, 9.17) is 9.47 Å². The average Bonchev–Trinajstić information content (AvgIpc) is 2.61. The van der Waals surface area contributed by atoms with Crippen molar-refractivity contribution in [1.82, 2.24) is 4.90 Å². The quantitative estimate of drug-likeness (QED) is 0.819. The third kappa shape index (κ3) is 3.89. The molecule has 0 saturated heterocycles. The van der Waals surface area contributed by atoms with Crippen LogP contribution in [0.15, 0.2) is 12.1 Å². The molecule has 2 rings (SSSR count). The van der Waals surface area contributed by atoms with E-state index in [-0.39, 0.29) is 18.2 Å². The highest BCUT2D eigenvalue weighted by Gasteiger charge is 2.35. The molecule has 1 aromatic carbocycles. The van der Waals surface area contributed by atoms with E-state index in [0.717, 1.165) is 24.0 Å². The SMILES string of the molecule is CCC(CC)C(=O)N1CCc2cc(OC)c(OC)cc2C1CC(=O)O. The van der Waals surface area contributed by atoms with E-state index in [0.29, 0.717) is 24.5 Å². The molecule has 1 atom stereocenters. The van der Waals surface area contributed by atoms with E-state index in [1.807, 2.05) is 26.0 Å². The molecule has 0 spiro atoms. The summed E-state index contributed by atoms with van der Waals surface area (Å²) in [6.07, 6.45) is 2.07. The van der Waals surface area contributed by atoms with Gasteiger partial charge in [0.25, 0.3) is 0 Å². The Hall–Kier alpha value is -2.24. The number of rotatable bonds is 7. The number of nitrogens with zero attached hydrogens (tertiary/aromatic N) is 1. The zero-order valence-corrected chi connectivity index (χ0v) is 15.4. The van der Waals surface area contributed by atoms with Gasteiger partial charge < -0.3 is 19.5 Å². The first kappa shape index (κ1) is 19.1. The summed E-state index contributed by atoms with van der Waals surface area (Å²) >= 11 is 0. The van der Waals surface area contributed by atoms with Gasteiger partial charge in [-0.05, 0) is 42.5 Å². The third-order valence-corrected chi connectivity index (χ3v) is 4.99. The summed E-state index contributed by atoms with van der Waals surface area (Å²) in [7, 11) is 3.12. The molecule has 25 heavy (non-hydrogen) atoms. The lowest BCUT2D eigenvalue weighted by Crippen LogP contribution is -2.43. The van der Waals surface area contributed by atoms with Crippen LogP contribution in [0.4, 0.5) is 0 Å². The molecule has 1 unspecified atom stereocenters. The summed E-state index contributed by atoms with van der Waals surface area (Å²) in [6.45, 7) is 4.50. The van der Waals surface area contributed by atoms with Gasteiger partial charge in [-0.1, -0.05) is 13.8 Å². The number of methoxy groups -OCH3 is 2. The number of carboxylic acid groups (broad SMARTS) is 1. The monoisotopic (exact) mass is 349 g/mol. The highest BCUT2D eigenvalue weighted by Crippen LogP contribution is 2.40. The molecule has 0 radical (unpaired) electrons. The fourth-order valence-electron chi connectivity index (χ4n) is 3.55. The van der Waals surface area contributed by atoms with Crippen molar-refractivity contribution in [3.63, 3.8) is 0 Å². The van der Waals surface area contributed by atoms with Crippen LogP contribution in [0.3, 0.4) is 0 Å². The lowest BCUT2D eigenvalue weighted by molar-refractivity contribution is -0.143. The Morgan fingerprint density at radius 3 is 2.32 bits per heavy atom. The standard InChI is InChI=1S/C19H27NO5/c1-5-12(6-2)19(23)20-8-7-13-9-16(24-3)17(25-4)10-14(13)15(20)11-18(21)22/h9-10,12,15H,5-8,11H2,1-4H3,(H,21,22). The van der Waals surface area contributed by atoms with Crippen LogP contribution < -0.4 is 9.47 Å². The Bertz CT molecular complexity index is 639. The van der Waals surface area contributed by atoms with Crippen molar-refractivity contribution < 1.29 is 24.2 Å². The van der Waals surface area contributed by atoms with Gasteiger partial charge in [-0.25, -0.2) is 0 Å². The second-order valence-corrected chi connectivity index (χ2v) is 6.31. The van der Waals surface area contributed by atoms with Crippen LogP contribution in [0, 0.1) is 5.92 Å². The minimum Gasteiger partial charge on any atom is -0.493 e. The molecule has 1 amide bonds. The van der Waals surface area contributed by atoms with Gasteiger partial charge in [0.15, 0.2) is 11.5 Å². The van der Waals surface area contributed by atoms with E-state index >= 15 is 0 Å². The molecule has 6 nitrogen and oxygen atoms in total. The van der Waals surface area contributed by atoms with Gasteiger partial charge in [0.1, 0.15) is 0 Å². The highest BCUT2D eigenvalue weighted by molar-refractivity contribution is 5.81. The largest absolute Gasteiger partial charge is 0.493 e. The molecule has 0 saturated carbocycles. The van der Waals surface area contributed by atoms with Crippen LogP contribution in [0.2, 0.25) is 0 Å². The number of ether oxygens (including phenoxy) is 2. The van der Waals surface area contributed by atoms with Crippen molar-refractivity contribution >= 4 is 11.9 Å². The fourth-order valence-corrected chi connectivity index (χ4v) is 3.55. The zero-order valence-electron chi connectivity index (χ0n) is 15.4. The van der Waals surface area contributed by atoms with Gasteiger partial charge in [0.05, 0.1) is 26.7 Å². The predicted octanol–water partition coefficient (Wildman–Crippen LogP) is 3.04. The molecule has 1 N–H and O–H groups in total. The third-order valence-electron chi connectivity index (χ3n) is 4.99. The molecule has 1 heterocycles. The van der Waals surface area contributed by atoms with E-state index in [9.17, 15) is 14.7 Å². The number of carbonyl (C=O) groups is 2. The average molecular weight is 349 g/mol. The van der Waals surface area contributed by atoms with E-state index in [1.165, 1.54) is 0 Å². The Balaban J connectivity index is 2.47. The minimum absolute atomic E-state index is 0.0386. The van der Waals surface area contributed by atoms with Gasteiger partial charge in [0, 0.05) is 12.5 Å². The smallest absolute Gasteiger partial charge is 0.305 e. The second kappa shape index (κ2) is 8.23. The number of hydrogen-bond donors (Lipinski definition) is 1. The Morgan fingerprint density at radius 1 is 1.20 bits per heavy atom. The van der Waals surface area contributed by atoms with Crippen molar-refractivity contribution in [3.8, 4) is 11.5 Å². The first-order valence-corrected chi connectivity index (χ1v) is 8.73. The number of benzene rings is 1. The van der Waals surface area contributed by atoms with Crippen molar-refractivity contribution in [2.75, 3.05) is 20.8 Å². The normalized spacial score (nSPS) is 16.5. The molecule has 6 heteroatoms. The first-order valence-electron chi connectivity index (χ1n) is 8.73. The molecule has 1 aromatic rings. The number of amides is 1. The highest BCUT2D eigenvalue weighted by atomic mass is 16.5. The van der Waals surface area contributed by atoms with Crippen LogP contribution >= 0.6 is 0 Å². The first-order chi connectivity index (χ1) is 12.0. The van der Waals surface area contributed by atoms with Gasteiger partial charge >= 0.3 is 5.97 Å². The summed E-state index contributed by atoms with van der Waals surface area (Å²) < 4.78 is 10.7. The molecule has 0 aliphatic carbocycles. The number of carboxylic acids is 1. The maximum Gasteiger partial charge on any atom is 0.305 e. The Morgan fingerprint density at radius 2 is 1.80 bits per heavy atom. The van der Waals surface area contributed by atoms with Gasteiger partial charge in [-0.3, -0.25) is 9.59 Å². The summed E-state index contributed by atoms with van der Waals surface area (Å²) in [5, 5.41) is 9.38. The molecular weight excluding hydrogens is 322 g/mol. The summed E-state index contributed by atoms with van der Waals surface area (Å²) in [5.74, 6) is 0.216. The summed E-state index contributed by atoms with van der Waals surface area (Å²) in [5.41, 5.74) is 1.85. The number of aliphatic carboxylic acids is 1. The molecular formula is C19H27NO5. The number of carbonyl (C=O) groups excluding carboxylic acids is 1. The van der Waals surface area contributed by atoms with E-state index in [2.05, 4.69) is 0 Å². The minimum atomic E-state index is -0.921. The molecule has 138 valence electrons. The molecule has 0 bridgehead atoms. The molecule has 1 aliphatic rings. The zero-order chi connectivity index (χ0) is 18.6. The van der Waals surface area contributed by atoms with E-state index in [1.54, 1.807) is 19.1 Å². The van der Waals surface area contributed by atoms with Crippen molar-refractivity contribution in [1.29, 1.82) is 0 Å². The van der Waals surface area contributed by atoms with Gasteiger partial charge in [-0.2, -0.15) is 0 Å². The van der Waals surface area contributed by atoms with Crippen LogP contribution in [-0.2, 0) is 16.0 Å². The summed E-state index contributed by atoms with van der Waals surface area (Å²) in [6, 6.07) is 3.23. The fraction of sp³-hybridized carbons (Fsp3) is 0.579. The molecule has 0 fully saturated rings. The van der Waals surface area contributed by atoms with Gasteiger partial charge in [-0.15, -0.1) is 0 Å². The number of hydrogen-bond acceptors (Lipinski definition) is 4. The predicted molar refractivity (Wildman–Crippen MR) is 94.0 cm³/mol. The van der Waals surface area contributed by atoms with Crippen LogP contribution in [0.5, 0.6) is 11.5 Å². The molecule has 0 aromatic heterocycles. The lowest BCUT2D eigenvalue weighted by atomic mass is 9.88. The van der Waals surface area contributed by atoms with Crippen LogP contribution in [-0.4, -0.2) is 42.6 Å². The van der Waals surface area contributed by atoms with Crippen LogP contribution in [0.25, 0.3) is 0 Å². The summed E-state index contributed by atoms with van der Waals surface area (Å²) in [4.78, 5) is 26.1. The Kier molecular flexibility index (Phi) is 6.28. The van der Waals surface area contributed by atoms with E-state index < -0.39 is 12.0 Å². The maximum absolute atomic E-state index is 12.9. The Labute approximate surface area is 148 Å². The lowest BCUT2D eigenvalue weighted by Gasteiger charge is -2.38. The number of fused-ring (bicyclic) bond motifs is 1.